The lowest BCUT2D eigenvalue weighted by Crippen LogP contribution is -2.49. The molecule has 0 unspecified atom stereocenters. The van der Waals surface area contributed by atoms with Crippen LogP contribution >= 0.6 is 0 Å². The van der Waals surface area contributed by atoms with E-state index in [1.165, 1.54) is 18.9 Å². The van der Waals surface area contributed by atoms with E-state index < -0.39 is 0 Å². The van der Waals surface area contributed by atoms with Gasteiger partial charge >= 0.3 is 0 Å². The van der Waals surface area contributed by atoms with Crippen molar-refractivity contribution in [3.63, 3.8) is 0 Å². The van der Waals surface area contributed by atoms with Crippen molar-refractivity contribution in [3.05, 3.63) is 41.7 Å². The summed E-state index contributed by atoms with van der Waals surface area (Å²) in [7, 11) is 0. The number of rotatable bonds is 5. The molecule has 1 aromatic rings. The van der Waals surface area contributed by atoms with Gasteiger partial charge < -0.3 is 10.2 Å². The lowest BCUT2D eigenvalue weighted by Gasteiger charge is -2.42. The van der Waals surface area contributed by atoms with Crippen molar-refractivity contribution in [1.82, 2.24) is 10.2 Å². The largest absolute Gasteiger partial charge is 0.371 e. The fourth-order valence-electron chi connectivity index (χ4n) is 2.57. The van der Waals surface area contributed by atoms with Crippen molar-refractivity contribution in [2.24, 2.45) is 5.92 Å². The van der Waals surface area contributed by atoms with Gasteiger partial charge in [-0.3, -0.25) is 0 Å². The first kappa shape index (κ1) is 12.7. The molecule has 0 aromatic heterocycles. The number of aryl methyl sites for hydroxylation is 1. The van der Waals surface area contributed by atoms with Crippen LogP contribution < -0.4 is 5.32 Å². The summed E-state index contributed by atoms with van der Waals surface area (Å²) in [6, 6.07) is 5.98. The molecule has 19 heavy (non-hydrogen) atoms. The summed E-state index contributed by atoms with van der Waals surface area (Å²) < 4.78 is 13.8. The Hall–Kier alpha value is -1.35. The van der Waals surface area contributed by atoms with Crippen LogP contribution in [0.1, 0.15) is 24.0 Å². The Morgan fingerprint density at radius 2 is 2.16 bits per heavy atom. The fraction of sp³-hybridized carbons (Fsp3) is 0.500. The van der Waals surface area contributed by atoms with E-state index >= 15 is 0 Å². The molecule has 2 aliphatic rings. The van der Waals surface area contributed by atoms with Gasteiger partial charge in [0.2, 0.25) is 0 Å². The maximum Gasteiger partial charge on any atom is 0.132 e. The number of benzene rings is 1. The van der Waals surface area contributed by atoms with Gasteiger partial charge in [0.15, 0.2) is 0 Å². The zero-order valence-electron chi connectivity index (χ0n) is 11.5. The second-order valence-electron chi connectivity index (χ2n) is 5.88. The predicted molar refractivity (Wildman–Crippen MR) is 76.3 cm³/mol. The number of hydrogen-bond donors (Lipinski definition) is 1. The zero-order valence-corrected chi connectivity index (χ0v) is 11.5. The van der Waals surface area contributed by atoms with Crippen molar-refractivity contribution in [3.8, 4) is 0 Å². The maximum absolute atomic E-state index is 13.8. The minimum atomic E-state index is -0.171. The number of nitrogens with one attached hydrogen (secondary N) is 1. The Labute approximate surface area is 114 Å². The molecule has 102 valence electrons. The summed E-state index contributed by atoms with van der Waals surface area (Å²) in [5.41, 5.74) is 2.54. The van der Waals surface area contributed by atoms with Crippen LogP contribution in [0.5, 0.6) is 0 Å². The molecule has 0 spiro atoms. The molecule has 2 nitrogen and oxygen atoms in total. The highest BCUT2D eigenvalue weighted by Gasteiger charge is 2.30. The molecule has 1 saturated carbocycles. The number of halogens is 1. The predicted octanol–water partition coefficient (Wildman–Crippen LogP) is 2.79. The Balaban J connectivity index is 1.55. The van der Waals surface area contributed by atoms with E-state index in [-0.39, 0.29) is 5.82 Å². The van der Waals surface area contributed by atoms with Crippen LogP contribution in [0.3, 0.4) is 0 Å². The first-order chi connectivity index (χ1) is 9.13. The molecule has 0 radical (unpaired) electrons. The lowest BCUT2D eigenvalue weighted by atomic mass is 9.97. The molecule has 1 aromatic carbocycles. The fourth-order valence-corrected chi connectivity index (χ4v) is 2.57. The van der Waals surface area contributed by atoms with Crippen LogP contribution in [0.15, 0.2) is 24.8 Å². The van der Waals surface area contributed by atoms with Crippen molar-refractivity contribution >= 4 is 5.70 Å². The molecule has 1 N–H and O–H groups in total. The smallest absolute Gasteiger partial charge is 0.132 e. The Morgan fingerprint density at radius 3 is 2.84 bits per heavy atom. The summed E-state index contributed by atoms with van der Waals surface area (Å²) in [5, 5.41) is 3.55. The second-order valence-corrected chi connectivity index (χ2v) is 5.88. The number of hydrogen-bond acceptors (Lipinski definition) is 2. The third kappa shape index (κ3) is 2.81. The third-order valence-electron chi connectivity index (χ3n) is 4.04. The SMILES string of the molecule is C=C(c1cc(C)ccc1F)N1CC(CNC2CC2)C1. The Bertz CT molecular complexity index is 488. The van der Waals surface area contributed by atoms with Gasteiger partial charge in [0.05, 0.1) is 0 Å². The van der Waals surface area contributed by atoms with E-state index in [0.717, 1.165) is 36.9 Å². The molecule has 3 rings (SSSR count). The molecular weight excluding hydrogens is 239 g/mol. The Morgan fingerprint density at radius 1 is 1.42 bits per heavy atom. The molecule has 0 atom stereocenters. The van der Waals surface area contributed by atoms with E-state index in [4.69, 9.17) is 0 Å². The highest BCUT2D eigenvalue weighted by atomic mass is 19.1. The van der Waals surface area contributed by atoms with Crippen molar-refractivity contribution in [1.29, 1.82) is 0 Å². The molecule has 0 amide bonds. The molecular formula is C16H21FN2. The zero-order chi connectivity index (χ0) is 13.4. The van der Waals surface area contributed by atoms with Gasteiger partial charge in [-0.2, -0.15) is 0 Å². The quantitative estimate of drug-likeness (QED) is 0.875. The van der Waals surface area contributed by atoms with Gasteiger partial charge in [-0.1, -0.05) is 18.2 Å². The van der Waals surface area contributed by atoms with Gasteiger partial charge in [-0.15, -0.1) is 0 Å². The average molecular weight is 260 g/mol. The van der Waals surface area contributed by atoms with Crippen LogP contribution in [0, 0.1) is 18.7 Å². The van der Waals surface area contributed by atoms with E-state index in [9.17, 15) is 4.39 Å². The van der Waals surface area contributed by atoms with Crippen LogP contribution in [-0.4, -0.2) is 30.6 Å². The van der Waals surface area contributed by atoms with E-state index in [0.29, 0.717) is 11.5 Å². The van der Waals surface area contributed by atoms with Crippen molar-refractivity contribution in [2.45, 2.75) is 25.8 Å². The van der Waals surface area contributed by atoms with Gasteiger partial charge in [-0.25, -0.2) is 4.39 Å². The topological polar surface area (TPSA) is 15.3 Å². The number of nitrogens with zero attached hydrogens (tertiary/aromatic N) is 1. The normalized spacial score (nSPS) is 19.4. The molecule has 3 heteroatoms. The van der Waals surface area contributed by atoms with Crippen molar-refractivity contribution < 1.29 is 4.39 Å². The molecule has 1 saturated heterocycles. The van der Waals surface area contributed by atoms with E-state index in [1.54, 1.807) is 6.07 Å². The highest BCUT2D eigenvalue weighted by molar-refractivity contribution is 5.63. The van der Waals surface area contributed by atoms with Crippen LogP contribution in [0.4, 0.5) is 4.39 Å². The lowest BCUT2D eigenvalue weighted by molar-refractivity contribution is 0.171. The first-order valence-electron chi connectivity index (χ1n) is 7.07. The molecule has 1 aliphatic heterocycles. The summed E-state index contributed by atoms with van der Waals surface area (Å²) in [5.74, 6) is 0.514. The van der Waals surface area contributed by atoms with Gasteiger partial charge in [-0.05, 0) is 31.9 Å². The molecule has 1 aliphatic carbocycles. The standard InChI is InChI=1S/C16H21FN2/c1-11-3-6-16(17)15(7-11)12(2)19-9-13(10-19)8-18-14-4-5-14/h3,6-7,13-14,18H,2,4-5,8-10H2,1H3. The first-order valence-corrected chi connectivity index (χ1v) is 7.07. The summed E-state index contributed by atoms with van der Waals surface area (Å²) in [6.45, 7) is 9.11. The summed E-state index contributed by atoms with van der Waals surface area (Å²) in [4.78, 5) is 2.18. The third-order valence-corrected chi connectivity index (χ3v) is 4.04. The average Bonchev–Trinajstić information content (AvgIpc) is 3.14. The second kappa shape index (κ2) is 4.97. The number of likely N-dealkylation sites (tertiary alicyclic amines) is 1. The van der Waals surface area contributed by atoms with Gasteiger partial charge in [0.1, 0.15) is 5.82 Å². The van der Waals surface area contributed by atoms with Gasteiger partial charge in [0.25, 0.3) is 0 Å². The van der Waals surface area contributed by atoms with Crippen LogP contribution in [0.2, 0.25) is 0 Å². The van der Waals surface area contributed by atoms with Crippen LogP contribution in [-0.2, 0) is 0 Å². The maximum atomic E-state index is 13.8. The summed E-state index contributed by atoms with van der Waals surface area (Å²) >= 11 is 0. The Kier molecular flexibility index (Phi) is 3.31. The van der Waals surface area contributed by atoms with E-state index in [2.05, 4.69) is 16.8 Å². The van der Waals surface area contributed by atoms with Crippen LogP contribution in [0.25, 0.3) is 5.70 Å². The monoisotopic (exact) mass is 260 g/mol. The minimum absolute atomic E-state index is 0.171. The van der Waals surface area contributed by atoms with Gasteiger partial charge in [0, 0.05) is 42.9 Å². The molecule has 0 bridgehead atoms. The molecule has 1 heterocycles. The van der Waals surface area contributed by atoms with E-state index in [1.807, 2.05) is 13.0 Å². The van der Waals surface area contributed by atoms with Crippen molar-refractivity contribution in [2.75, 3.05) is 19.6 Å². The minimum Gasteiger partial charge on any atom is -0.371 e. The molecule has 2 fully saturated rings. The summed E-state index contributed by atoms with van der Waals surface area (Å²) in [6.07, 6.45) is 2.66. The highest BCUT2D eigenvalue weighted by Crippen LogP contribution is 2.29.